The average Bonchev–Trinajstić information content (AvgIpc) is 2.87. The van der Waals surface area contributed by atoms with Crippen LogP contribution in [0.4, 0.5) is 18.9 Å². The van der Waals surface area contributed by atoms with Crippen molar-refractivity contribution < 1.29 is 18.0 Å². The molecule has 0 radical (unpaired) electrons. The van der Waals surface area contributed by atoms with E-state index in [0.29, 0.717) is 23.7 Å². The highest BCUT2D eigenvalue weighted by molar-refractivity contribution is 5.95. The van der Waals surface area contributed by atoms with E-state index >= 15 is 0 Å². The van der Waals surface area contributed by atoms with Crippen LogP contribution in [0.1, 0.15) is 24.8 Å². The van der Waals surface area contributed by atoms with Crippen molar-refractivity contribution in [1.82, 2.24) is 0 Å². The number of alkyl halides is 3. The van der Waals surface area contributed by atoms with Gasteiger partial charge in [0.1, 0.15) is 0 Å². The van der Waals surface area contributed by atoms with Gasteiger partial charge in [-0.15, -0.1) is 0 Å². The molecule has 2 nitrogen and oxygen atoms in total. The number of amides is 1. The molecule has 4 atom stereocenters. The molecule has 1 amide bonds. The molecule has 0 aromatic heterocycles. The maximum atomic E-state index is 12.7. The van der Waals surface area contributed by atoms with Crippen LogP contribution in [0.3, 0.4) is 0 Å². The minimum absolute atomic E-state index is 0.0331. The molecule has 4 rings (SSSR count). The van der Waals surface area contributed by atoms with E-state index in [1.54, 1.807) is 0 Å². The summed E-state index contributed by atoms with van der Waals surface area (Å²) in [5.41, 5.74) is -0.483. The number of anilines is 1. The first-order chi connectivity index (χ1) is 9.95. The van der Waals surface area contributed by atoms with Gasteiger partial charge < -0.3 is 5.32 Å². The number of rotatable bonds is 2. The Labute approximate surface area is 120 Å². The van der Waals surface area contributed by atoms with Crippen molar-refractivity contribution in [2.45, 2.75) is 25.4 Å². The lowest BCUT2D eigenvalue weighted by molar-refractivity contribution is -0.137. The predicted molar refractivity (Wildman–Crippen MR) is 71.4 cm³/mol. The van der Waals surface area contributed by atoms with E-state index in [1.807, 2.05) is 0 Å². The Morgan fingerprint density at radius 1 is 1.14 bits per heavy atom. The molecule has 0 saturated heterocycles. The fraction of sp³-hybridized carbons (Fsp3) is 0.562. The number of carbonyl (C=O) groups excluding carboxylic acids is 1. The molecule has 21 heavy (non-hydrogen) atoms. The zero-order valence-electron chi connectivity index (χ0n) is 11.4. The zero-order chi connectivity index (χ0) is 14.8. The van der Waals surface area contributed by atoms with E-state index in [4.69, 9.17) is 0 Å². The first-order valence-electron chi connectivity index (χ1n) is 7.43. The second-order valence-corrected chi connectivity index (χ2v) is 6.58. The van der Waals surface area contributed by atoms with Gasteiger partial charge in [0.2, 0.25) is 5.91 Å². The number of carbonyl (C=O) groups is 1. The van der Waals surface area contributed by atoms with Gasteiger partial charge in [-0.2, -0.15) is 13.2 Å². The van der Waals surface area contributed by atoms with Crippen molar-refractivity contribution in [2.24, 2.45) is 29.6 Å². The molecule has 0 aliphatic heterocycles. The highest BCUT2D eigenvalue weighted by Gasteiger charge is 2.67. The van der Waals surface area contributed by atoms with E-state index in [-0.39, 0.29) is 17.5 Å². The first kappa shape index (κ1) is 13.2. The monoisotopic (exact) mass is 295 g/mol. The molecule has 0 unspecified atom stereocenters. The molecule has 1 N–H and O–H groups in total. The lowest BCUT2D eigenvalue weighted by atomic mass is 10.0. The zero-order valence-corrected chi connectivity index (χ0v) is 11.4. The fourth-order valence-corrected chi connectivity index (χ4v) is 4.67. The minimum atomic E-state index is -4.38. The summed E-state index contributed by atoms with van der Waals surface area (Å²) >= 11 is 0. The summed E-state index contributed by atoms with van der Waals surface area (Å²) in [6.07, 6.45) is -0.684. The third-order valence-electron chi connectivity index (χ3n) is 5.50. The van der Waals surface area contributed by atoms with E-state index in [2.05, 4.69) is 5.32 Å². The lowest BCUT2D eigenvalue weighted by Crippen LogP contribution is -2.19. The van der Waals surface area contributed by atoms with Crippen LogP contribution in [0.2, 0.25) is 0 Å². The molecule has 0 heterocycles. The number of nitrogens with one attached hydrogen (secondary N) is 1. The number of benzene rings is 1. The van der Waals surface area contributed by atoms with Crippen molar-refractivity contribution in [3.05, 3.63) is 29.8 Å². The Bertz CT molecular complexity index is 581. The summed E-state index contributed by atoms with van der Waals surface area (Å²) in [5, 5.41) is 2.67. The smallest absolute Gasteiger partial charge is 0.326 e. The predicted octanol–water partition coefficient (Wildman–Crippen LogP) is 3.94. The second-order valence-electron chi connectivity index (χ2n) is 6.58. The number of hydrogen-bond donors (Lipinski definition) is 1. The van der Waals surface area contributed by atoms with Gasteiger partial charge in [0, 0.05) is 11.6 Å². The van der Waals surface area contributed by atoms with Crippen LogP contribution >= 0.6 is 0 Å². The molecule has 3 aliphatic rings. The van der Waals surface area contributed by atoms with Gasteiger partial charge in [0.15, 0.2) is 0 Å². The van der Waals surface area contributed by atoms with Crippen LogP contribution in [0.25, 0.3) is 0 Å². The van der Waals surface area contributed by atoms with E-state index in [1.165, 1.54) is 31.4 Å². The minimum Gasteiger partial charge on any atom is -0.326 e. The summed E-state index contributed by atoms with van der Waals surface area (Å²) < 4.78 is 38.0. The summed E-state index contributed by atoms with van der Waals surface area (Å²) in [7, 11) is 0. The van der Waals surface area contributed by atoms with Crippen molar-refractivity contribution in [1.29, 1.82) is 0 Å². The Kier molecular flexibility index (Phi) is 2.66. The van der Waals surface area contributed by atoms with E-state index < -0.39 is 11.7 Å². The standard InChI is InChI=1S/C16H16F3NO/c17-16(18,19)10-2-1-3-11(7-10)20-15(21)14-12-8-4-5-9(6-8)13(12)14/h1-3,7-9,12-14H,4-6H2,(H,20,21)/t8-,9-,12+,13+/m0/s1. The SMILES string of the molecule is O=C(Nc1cccc(C(F)(F)F)c1)C1[C@@H]2[C@H]3CC[C@@H](C3)[C@@H]12. The van der Waals surface area contributed by atoms with Crippen molar-refractivity contribution in [3.63, 3.8) is 0 Å². The van der Waals surface area contributed by atoms with Crippen LogP contribution in [0.5, 0.6) is 0 Å². The molecule has 3 aliphatic carbocycles. The average molecular weight is 295 g/mol. The van der Waals surface area contributed by atoms with E-state index in [0.717, 1.165) is 12.1 Å². The summed E-state index contributed by atoms with van der Waals surface area (Å²) in [6.45, 7) is 0. The first-order valence-corrected chi connectivity index (χ1v) is 7.43. The summed E-state index contributed by atoms with van der Waals surface area (Å²) in [4.78, 5) is 12.3. The number of hydrogen-bond acceptors (Lipinski definition) is 1. The molecule has 1 aromatic carbocycles. The van der Waals surface area contributed by atoms with Crippen molar-refractivity contribution in [2.75, 3.05) is 5.32 Å². The molecule has 5 heteroatoms. The topological polar surface area (TPSA) is 29.1 Å². The van der Waals surface area contributed by atoms with Gasteiger partial charge in [0.25, 0.3) is 0 Å². The second kappa shape index (κ2) is 4.24. The van der Waals surface area contributed by atoms with Gasteiger partial charge in [0.05, 0.1) is 5.56 Å². The molecular formula is C16H16F3NO. The maximum Gasteiger partial charge on any atom is 0.416 e. The molecule has 0 spiro atoms. The highest BCUT2D eigenvalue weighted by Crippen LogP contribution is 2.69. The van der Waals surface area contributed by atoms with Crippen LogP contribution in [-0.2, 0) is 11.0 Å². The van der Waals surface area contributed by atoms with Crippen LogP contribution in [0.15, 0.2) is 24.3 Å². The molecule has 3 saturated carbocycles. The Hall–Kier alpha value is -1.52. The Morgan fingerprint density at radius 3 is 2.43 bits per heavy atom. The number of halogens is 3. The van der Waals surface area contributed by atoms with Crippen LogP contribution in [0, 0.1) is 29.6 Å². The van der Waals surface area contributed by atoms with Crippen LogP contribution in [-0.4, -0.2) is 5.91 Å². The van der Waals surface area contributed by atoms with Gasteiger partial charge in [-0.25, -0.2) is 0 Å². The number of fused-ring (bicyclic) bond motifs is 5. The third kappa shape index (κ3) is 2.05. The van der Waals surface area contributed by atoms with Gasteiger partial charge in [-0.3, -0.25) is 4.79 Å². The Balaban J connectivity index is 1.46. The molecular weight excluding hydrogens is 279 g/mol. The normalized spacial score (nSPS) is 36.4. The quantitative estimate of drug-likeness (QED) is 0.880. The van der Waals surface area contributed by atoms with Crippen molar-refractivity contribution in [3.8, 4) is 0 Å². The van der Waals surface area contributed by atoms with E-state index in [9.17, 15) is 18.0 Å². The van der Waals surface area contributed by atoms with Gasteiger partial charge in [-0.1, -0.05) is 6.07 Å². The summed E-state index contributed by atoms with van der Waals surface area (Å²) in [6, 6.07) is 4.86. The highest BCUT2D eigenvalue weighted by atomic mass is 19.4. The van der Waals surface area contributed by atoms with Gasteiger partial charge >= 0.3 is 6.18 Å². The van der Waals surface area contributed by atoms with Crippen LogP contribution < -0.4 is 5.32 Å². The fourth-order valence-electron chi connectivity index (χ4n) is 4.67. The van der Waals surface area contributed by atoms with Crippen molar-refractivity contribution >= 4 is 11.6 Å². The molecule has 1 aromatic rings. The Morgan fingerprint density at radius 2 is 1.81 bits per heavy atom. The maximum absolute atomic E-state index is 12.7. The molecule has 2 bridgehead atoms. The van der Waals surface area contributed by atoms with Gasteiger partial charge in [-0.05, 0) is 61.1 Å². The molecule has 112 valence electrons. The largest absolute Gasteiger partial charge is 0.416 e. The molecule has 3 fully saturated rings. The third-order valence-corrected chi connectivity index (χ3v) is 5.50. The lowest BCUT2D eigenvalue weighted by Gasteiger charge is -2.11. The summed E-state index contributed by atoms with van der Waals surface area (Å²) in [5.74, 6) is 2.28.